The van der Waals surface area contributed by atoms with Crippen LogP contribution in [0.25, 0.3) is 10.8 Å². The number of anilines is 1. The molecule has 0 bridgehead atoms. The van der Waals surface area contributed by atoms with Gasteiger partial charge >= 0.3 is 5.97 Å². The van der Waals surface area contributed by atoms with Crippen LogP contribution in [0.2, 0.25) is 0 Å². The molecule has 0 amide bonds. The summed E-state index contributed by atoms with van der Waals surface area (Å²) in [6.45, 7) is 4.09. The van der Waals surface area contributed by atoms with Crippen LogP contribution in [-0.2, 0) is 9.59 Å². The topological polar surface area (TPSA) is 64.6 Å². The average molecular weight is 518 g/mol. The summed E-state index contributed by atoms with van der Waals surface area (Å²) in [5.74, 6) is 0.587. The fraction of sp³-hybridized carbons (Fsp3) is 0.235. The van der Waals surface area contributed by atoms with Crippen LogP contribution in [0.1, 0.15) is 61.6 Å². The number of hydrogen-bond donors (Lipinski definition) is 1. The lowest BCUT2D eigenvalue weighted by Gasteiger charge is -2.37. The van der Waals surface area contributed by atoms with Crippen molar-refractivity contribution in [2.75, 3.05) is 11.9 Å². The number of allylic oxidation sites excluding steroid dienone is 2. The zero-order valence-electron chi connectivity index (χ0n) is 22.2. The van der Waals surface area contributed by atoms with Crippen LogP contribution in [0, 0.1) is 0 Å². The largest absolute Gasteiger partial charge is 0.490 e. The van der Waals surface area contributed by atoms with E-state index in [9.17, 15) is 9.59 Å². The molecule has 0 aromatic heterocycles. The molecule has 6 rings (SSSR count). The Kier molecular flexibility index (Phi) is 6.65. The van der Waals surface area contributed by atoms with Crippen LogP contribution in [0.5, 0.6) is 11.5 Å². The summed E-state index contributed by atoms with van der Waals surface area (Å²) in [6.07, 6.45) is 1.50. The summed E-state index contributed by atoms with van der Waals surface area (Å²) in [5.41, 5.74) is 6.00. The number of carbonyl (C=O) groups excluding carboxylic acids is 2. The fourth-order valence-electron chi connectivity index (χ4n) is 5.95. The van der Waals surface area contributed by atoms with Crippen LogP contribution in [-0.4, -0.2) is 18.4 Å². The molecule has 1 N–H and O–H groups in total. The normalized spacial score (nSPS) is 18.3. The molecule has 0 spiro atoms. The van der Waals surface area contributed by atoms with E-state index in [0.29, 0.717) is 24.5 Å². The molecular formula is C34H31NO4. The Morgan fingerprint density at radius 1 is 0.872 bits per heavy atom. The van der Waals surface area contributed by atoms with Gasteiger partial charge in [-0.25, -0.2) is 0 Å². The van der Waals surface area contributed by atoms with E-state index in [1.54, 1.807) is 13.0 Å². The van der Waals surface area contributed by atoms with Gasteiger partial charge in [-0.05, 0) is 64.9 Å². The lowest BCUT2D eigenvalue weighted by molar-refractivity contribution is -0.134. The maximum atomic E-state index is 14.0. The number of esters is 1. The quantitative estimate of drug-likeness (QED) is 0.212. The number of ether oxygens (including phenoxy) is 2. The standard InChI is InChI=1S/C34H31NO4/c1-3-31(37)39-29-17-15-23(20-30(29)38-4-2)32-33-25-13-9-8-12-22(25)14-16-26(33)35-27-18-24(19-28(36)34(27)32)21-10-6-5-7-11-21/h5-17,20,24,32,35H,3-4,18-19H2,1-2H3. The van der Waals surface area contributed by atoms with Gasteiger partial charge in [0.1, 0.15) is 0 Å². The molecule has 4 aromatic carbocycles. The number of ketones is 1. The average Bonchev–Trinajstić information content (AvgIpc) is 2.97. The van der Waals surface area contributed by atoms with Gasteiger partial charge in [-0.3, -0.25) is 9.59 Å². The molecule has 196 valence electrons. The van der Waals surface area contributed by atoms with Gasteiger partial charge in [-0.2, -0.15) is 0 Å². The third-order valence-electron chi connectivity index (χ3n) is 7.73. The Labute approximate surface area is 228 Å². The highest BCUT2D eigenvalue weighted by molar-refractivity contribution is 6.04. The van der Waals surface area contributed by atoms with Crippen LogP contribution < -0.4 is 14.8 Å². The summed E-state index contributed by atoms with van der Waals surface area (Å²) in [4.78, 5) is 26.1. The van der Waals surface area contributed by atoms with Crippen molar-refractivity contribution in [3.63, 3.8) is 0 Å². The van der Waals surface area contributed by atoms with Gasteiger partial charge < -0.3 is 14.8 Å². The van der Waals surface area contributed by atoms with Gasteiger partial charge in [-0.1, -0.05) is 73.7 Å². The maximum absolute atomic E-state index is 14.0. The molecule has 2 aliphatic rings. The first-order valence-corrected chi connectivity index (χ1v) is 13.6. The minimum Gasteiger partial charge on any atom is -0.490 e. The zero-order chi connectivity index (χ0) is 26.9. The first kappa shape index (κ1) is 24.9. The second kappa shape index (κ2) is 10.4. The van der Waals surface area contributed by atoms with Crippen LogP contribution >= 0.6 is 0 Å². The Hall–Kier alpha value is -4.38. The molecule has 1 heterocycles. The number of Topliss-reactive ketones (excluding diaryl/α,β-unsaturated/α-hetero) is 1. The second-order valence-corrected chi connectivity index (χ2v) is 10.1. The van der Waals surface area contributed by atoms with Crippen molar-refractivity contribution < 1.29 is 19.1 Å². The smallest absolute Gasteiger partial charge is 0.311 e. The lowest BCUT2D eigenvalue weighted by Crippen LogP contribution is -2.30. The molecule has 2 atom stereocenters. The van der Waals surface area contributed by atoms with Gasteiger partial charge in [0, 0.05) is 35.7 Å². The fourth-order valence-corrected chi connectivity index (χ4v) is 5.95. The van der Waals surface area contributed by atoms with E-state index >= 15 is 0 Å². The summed E-state index contributed by atoms with van der Waals surface area (Å²) in [5, 5.41) is 5.89. The van der Waals surface area contributed by atoms with E-state index in [4.69, 9.17) is 9.47 Å². The van der Waals surface area contributed by atoms with Gasteiger partial charge in [0.25, 0.3) is 0 Å². The summed E-state index contributed by atoms with van der Waals surface area (Å²) < 4.78 is 11.5. The monoisotopic (exact) mass is 517 g/mol. The van der Waals surface area contributed by atoms with Crippen molar-refractivity contribution in [3.05, 3.63) is 113 Å². The lowest BCUT2D eigenvalue weighted by atomic mass is 9.71. The molecule has 4 aromatic rings. The molecule has 0 saturated carbocycles. The minimum absolute atomic E-state index is 0.127. The highest BCUT2D eigenvalue weighted by atomic mass is 16.6. The SMILES string of the molecule is CCOc1cc(C2C3=C(CC(c4ccccc4)CC3=O)Nc3ccc4ccccc4c32)ccc1OC(=O)CC. The van der Waals surface area contributed by atoms with Crippen LogP contribution in [0.15, 0.2) is 96.2 Å². The highest BCUT2D eigenvalue weighted by Crippen LogP contribution is 2.51. The number of benzene rings is 4. The van der Waals surface area contributed by atoms with E-state index in [0.717, 1.165) is 45.3 Å². The van der Waals surface area contributed by atoms with Crippen molar-refractivity contribution in [3.8, 4) is 11.5 Å². The molecule has 0 saturated heterocycles. The summed E-state index contributed by atoms with van der Waals surface area (Å²) in [6, 6.07) is 28.5. The van der Waals surface area contributed by atoms with E-state index < -0.39 is 0 Å². The third-order valence-corrected chi connectivity index (χ3v) is 7.73. The first-order chi connectivity index (χ1) is 19.1. The maximum Gasteiger partial charge on any atom is 0.311 e. The molecule has 1 aliphatic carbocycles. The van der Waals surface area contributed by atoms with Crippen LogP contribution in [0.4, 0.5) is 5.69 Å². The van der Waals surface area contributed by atoms with E-state index in [1.807, 2.05) is 49.4 Å². The Morgan fingerprint density at radius 3 is 2.46 bits per heavy atom. The van der Waals surface area contributed by atoms with Gasteiger partial charge in [0.15, 0.2) is 17.3 Å². The Bertz CT molecular complexity index is 1600. The number of hydrogen-bond acceptors (Lipinski definition) is 5. The van der Waals surface area contributed by atoms with E-state index in [-0.39, 0.29) is 30.0 Å². The summed E-state index contributed by atoms with van der Waals surface area (Å²) in [7, 11) is 0. The van der Waals surface area contributed by atoms with Crippen molar-refractivity contribution in [2.45, 2.75) is 44.9 Å². The van der Waals surface area contributed by atoms with Crippen molar-refractivity contribution in [1.82, 2.24) is 0 Å². The molecular weight excluding hydrogens is 486 g/mol. The molecule has 0 radical (unpaired) electrons. The summed E-state index contributed by atoms with van der Waals surface area (Å²) >= 11 is 0. The molecule has 39 heavy (non-hydrogen) atoms. The second-order valence-electron chi connectivity index (χ2n) is 10.1. The van der Waals surface area contributed by atoms with Gasteiger partial charge in [0.2, 0.25) is 0 Å². The van der Waals surface area contributed by atoms with E-state index in [1.165, 1.54) is 5.56 Å². The van der Waals surface area contributed by atoms with Gasteiger partial charge in [-0.15, -0.1) is 0 Å². The third kappa shape index (κ3) is 4.59. The van der Waals surface area contributed by atoms with Crippen molar-refractivity contribution in [2.24, 2.45) is 0 Å². The van der Waals surface area contributed by atoms with Crippen molar-refractivity contribution in [1.29, 1.82) is 0 Å². The minimum atomic E-state index is -0.318. The van der Waals surface area contributed by atoms with Gasteiger partial charge in [0.05, 0.1) is 6.61 Å². The Balaban J connectivity index is 1.53. The molecule has 0 fully saturated rings. The van der Waals surface area contributed by atoms with Crippen molar-refractivity contribution >= 4 is 28.2 Å². The molecule has 5 nitrogen and oxygen atoms in total. The predicted octanol–water partition coefficient (Wildman–Crippen LogP) is 7.51. The number of fused-ring (bicyclic) bond motifs is 3. The predicted molar refractivity (Wildman–Crippen MR) is 153 cm³/mol. The van der Waals surface area contributed by atoms with Crippen LogP contribution in [0.3, 0.4) is 0 Å². The highest BCUT2D eigenvalue weighted by Gasteiger charge is 2.39. The molecule has 1 aliphatic heterocycles. The number of carbonyl (C=O) groups is 2. The first-order valence-electron chi connectivity index (χ1n) is 13.6. The number of rotatable bonds is 6. The zero-order valence-corrected chi connectivity index (χ0v) is 22.2. The molecule has 5 heteroatoms. The van der Waals surface area contributed by atoms with E-state index in [2.05, 4.69) is 41.7 Å². The number of nitrogens with one attached hydrogen (secondary N) is 1. The molecule has 2 unspecified atom stereocenters. The Morgan fingerprint density at radius 2 is 1.67 bits per heavy atom.